The van der Waals surface area contributed by atoms with E-state index in [0.29, 0.717) is 0 Å². The summed E-state index contributed by atoms with van der Waals surface area (Å²) in [5.74, 6) is 5.02. The average Bonchev–Trinajstić information content (AvgIpc) is 2.58. The lowest BCUT2D eigenvalue weighted by Crippen LogP contribution is -2.61. The minimum Gasteiger partial charge on any atom is -0.394 e. The predicted molar refractivity (Wildman–Crippen MR) is 75.9 cm³/mol. The lowest BCUT2D eigenvalue weighted by molar-refractivity contribution is -0.327. The molecule has 0 unspecified atom stereocenters. The second kappa shape index (κ2) is 9.86. The van der Waals surface area contributed by atoms with E-state index in [4.69, 9.17) is 25.5 Å². The first-order valence-electron chi connectivity index (χ1n) is 7.32. The number of nitrogens with one attached hydrogen (secondary N) is 1. The number of aliphatic hydroxyl groups is 8. The third-order valence-electron chi connectivity index (χ3n) is 3.76. The Hall–Kier alpha value is -0.480. The van der Waals surface area contributed by atoms with Crippen LogP contribution in [0.2, 0.25) is 0 Å². The zero-order valence-electron chi connectivity index (χ0n) is 12.8. The molecular weight excluding hydrogens is 332 g/mol. The van der Waals surface area contributed by atoms with Gasteiger partial charge in [-0.2, -0.15) is 0 Å². The van der Waals surface area contributed by atoms with Crippen LogP contribution in [0, 0.1) is 0 Å². The average molecular weight is 358 g/mol. The maximum atomic E-state index is 10.0. The normalized spacial score (nSPS) is 36.1. The molecule has 0 aromatic rings. The van der Waals surface area contributed by atoms with Crippen molar-refractivity contribution in [1.82, 2.24) is 5.43 Å². The summed E-state index contributed by atoms with van der Waals surface area (Å²) in [6.07, 6.45) is -14.5. The van der Waals surface area contributed by atoms with Crippen LogP contribution in [0.15, 0.2) is 0 Å². The zero-order chi connectivity index (χ0) is 18.4. The van der Waals surface area contributed by atoms with E-state index >= 15 is 0 Å². The highest BCUT2D eigenvalue weighted by atomic mass is 16.7. The Labute approximate surface area is 137 Å². The van der Waals surface area contributed by atoms with E-state index in [9.17, 15) is 30.6 Å². The van der Waals surface area contributed by atoms with Crippen LogP contribution >= 0.6 is 0 Å². The van der Waals surface area contributed by atoms with Crippen molar-refractivity contribution in [1.29, 1.82) is 0 Å². The number of hydrazine groups is 1. The number of hydrogen-bond acceptors (Lipinski definition) is 12. The number of ether oxygens (including phenoxy) is 2. The predicted octanol–water partition coefficient (Wildman–Crippen LogP) is -6.29. The van der Waals surface area contributed by atoms with E-state index in [0.717, 1.165) is 0 Å². The molecule has 1 fully saturated rings. The minimum absolute atomic E-state index is 0.270. The molecule has 12 heteroatoms. The maximum Gasteiger partial charge on any atom is 0.187 e. The molecule has 1 saturated heterocycles. The van der Waals surface area contributed by atoms with E-state index in [1.54, 1.807) is 0 Å². The Morgan fingerprint density at radius 1 is 1.00 bits per heavy atom. The van der Waals surface area contributed by atoms with Gasteiger partial charge in [0.05, 0.1) is 19.3 Å². The van der Waals surface area contributed by atoms with Gasteiger partial charge in [-0.05, 0) is 0 Å². The first kappa shape index (κ1) is 21.6. The second-order valence-corrected chi connectivity index (χ2v) is 5.51. The fourth-order valence-corrected chi connectivity index (χ4v) is 2.30. The van der Waals surface area contributed by atoms with Crippen LogP contribution in [-0.2, 0) is 9.47 Å². The number of rotatable bonds is 9. The van der Waals surface area contributed by atoms with Crippen LogP contribution in [0.25, 0.3) is 0 Å². The maximum absolute atomic E-state index is 10.0. The summed E-state index contributed by atoms with van der Waals surface area (Å²) >= 11 is 0. The SMILES string of the molecule is NNC[C@H](O)[C@@H](O)[C@H](O[C@@H]1O[C@H](CO)[C@H](O)[C@H](O)[C@H]1O)[C@H](O)CO. The van der Waals surface area contributed by atoms with Crippen molar-refractivity contribution in [3.63, 3.8) is 0 Å². The quantitative estimate of drug-likeness (QED) is 0.137. The zero-order valence-corrected chi connectivity index (χ0v) is 12.8. The Kier molecular flexibility index (Phi) is 8.86. The largest absolute Gasteiger partial charge is 0.394 e. The van der Waals surface area contributed by atoms with Gasteiger partial charge in [-0.3, -0.25) is 11.3 Å². The lowest BCUT2D eigenvalue weighted by Gasteiger charge is -2.42. The smallest absolute Gasteiger partial charge is 0.187 e. The fourth-order valence-electron chi connectivity index (χ4n) is 2.30. The summed E-state index contributed by atoms with van der Waals surface area (Å²) < 4.78 is 10.3. The van der Waals surface area contributed by atoms with Crippen LogP contribution in [0.5, 0.6) is 0 Å². The topological polar surface area (TPSA) is 218 Å². The van der Waals surface area contributed by atoms with Crippen molar-refractivity contribution in [2.75, 3.05) is 19.8 Å². The van der Waals surface area contributed by atoms with Crippen LogP contribution in [0.1, 0.15) is 0 Å². The van der Waals surface area contributed by atoms with E-state index in [1.165, 1.54) is 0 Å². The Bertz CT molecular complexity index is 363. The van der Waals surface area contributed by atoms with Gasteiger partial charge < -0.3 is 50.3 Å². The molecule has 0 spiro atoms. The summed E-state index contributed by atoms with van der Waals surface area (Å²) in [6.45, 7) is -1.81. The Morgan fingerprint density at radius 3 is 2.12 bits per heavy atom. The van der Waals surface area contributed by atoms with Gasteiger partial charge in [0, 0.05) is 6.54 Å². The summed E-state index contributed by atoms with van der Waals surface area (Å²) in [6, 6.07) is 0. The molecule has 1 heterocycles. The molecule has 9 atom stereocenters. The Balaban J connectivity index is 2.88. The van der Waals surface area contributed by atoms with Crippen molar-refractivity contribution in [2.24, 2.45) is 5.84 Å². The molecule has 0 aliphatic carbocycles. The van der Waals surface area contributed by atoms with Crippen LogP contribution in [0.4, 0.5) is 0 Å². The van der Waals surface area contributed by atoms with Gasteiger partial charge in [0.1, 0.15) is 42.7 Å². The van der Waals surface area contributed by atoms with E-state index < -0.39 is 68.3 Å². The Morgan fingerprint density at radius 2 is 1.62 bits per heavy atom. The van der Waals surface area contributed by atoms with Crippen molar-refractivity contribution in [3.8, 4) is 0 Å². The highest BCUT2D eigenvalue weighted by Gasteiger charge is 2.46. The fraction of sp³-hybridized carbons (Fsp3) is 1.00. The minimum atomic E-state index is -1.77. The first-order valence-corrected chi connectivity index (χ1v) is 7.32. The summed E-state index contributed by atoms with van der Waals surface area (Å²) in [7, 11) is 0. The highest BCUT2D eigenvalue weighted by molar-refractivity contribution is 4.91. The number of hydrogen-bond donors (Lipinski definition) is 10. The summed E-state index contributed by atoms with van der Waals surface area (Å²) in [5.41, 5.74) is 2.11. The van der Waals surface area contributed by atoms with Gasteiger partial charge in [0.15, 0.2) is 6.29 Å². The number of nitrogens with two attached hydrogens (primary N) is 1. The molecule has 0 saturated carbocycles. The first-order chi connectivity index (χ1) is 11.3. The van der Waals surface area contributed by atoms with Crippen LogP contribution in [-0.4, -0.2) is 116 Å². The second-order valence-electron chi connectivity index (χ2n) is 5.51. The van der Waals surface area contributed by atoms with Gasteiger partial charge in [-0.15, -0.1) is 0 Å². The van der Waals surface area contributed by atoms with Gasteiger partial charge in [-0.25, -0.2) is 0 Å². The van der Waals surface area contributed by atoms with Crippen molar-refractivity contribution >= 4 is 0 Å². The van der Waals surface area contributed by atoms with Gasteiger partial charge in [0.25, 0.3) is 0 Å². The van der Waals surface area contributed by atoms with E-state index in [-0.39, 0.29) is 6.54 Å². The summed E-state index contributed by atoms with van der Waals surface area (Å²) in [4.78, 5) is 0. The molecular formula is C12H26N2O10. The summed E-state index contributed by atoms with van der Waals surface area (Å²) in [5, 5.41) is 76.9. The molecule has 0 radical (unpaired) electrons. The van der Waals surface area contributed by atoms with Crippen molar-refractivity contribution in [2.45, 2.75) is 55.1 Å². The van der Waals surface area contributed by atoms with Gasteiger partial charge in [0.2, 0.25) is 0 Å². The molecule has 1 aliphatic heterocycles. The van der Waals surface area contributed by atoms with Gasteiger partial charge >= 0.3 is 0 Å². The lowest BCUT2D eigenvalue weighted by atomic mass is 9.98. The highest BCUT2D eigenvalue weighted by Crippen LogP contribution is 2.24. The monoisotopic (exact) mass is 358 g/mol. The number of aliphatic hydroxyl groups excluding tert-OH is 8. The molecule has 11 N–H and O–H groups in total. The molecule has 0 bridgehead atoms. The molecule has 0 aromatic heterocycles. The van der Waals surface area contributed by atoms with E-state index in [1.807, 2.05) is 0 Å². The van der Waals surface area contributed by atoms with Crippen LogP contribution in [0.3, 0.4) is 0 Å². The molecule has 24 heavy (non-hydrogen) atoms. The van der Waals surface area contributed by atoms with Gasteiger partial charge in [-0.1, -0.05) is 0 Å². The van der Waals surface area contributed by atoms with Crippen molar-refractivity contribution < 1.29 is 50.3 Å². The molecule has 1 aliphatic rings. The standard InChI is InChI=1S/C12H26N2O10/c13-14-1-4(17)7(19)11(5(18)2-15)24-12-10(22)9(21)8(20)6(3-16)23-12/h4-12,14-22H,1-3,13H2/t4-,5+,6+,7+,8-,9-,10+,11+,12-/m0/s1. The molecule has 1 rings (SSSR count). The molecule has 12 nitrogen and oxygen atoms in total. The third kappa shape index (κ3) is 5.01. The van der Waals surface area contributed by atoms with E-state index in [2.05, 4.69) is 5.43 Å². The van der Waals surface area contributed by atoms with Crippen LogP contribution < -0.4 is 11.3 Å². The molecule has 0 amide bonds. The third-order valence-corrected chi connectivity index (χ3v) is 3.76. The molecule has 144 valence electrons. The molecule has 0 aromatic carbocycles. The van der Waals surface area contributed by atoms with Crippen molar-refractivity contribution in [3.05, 3.63) is 0 Å².